The molecule has 0 aliphatic carbocycles. The molecule has 5 heteroatoms. The molecule has 0 bridgehead atoms. The van der Waals surface area contributed by atoms with E-state index in [0.717, 1.165) is 0 Å². The normalized spacial score (nSPS) is 24.0. The van der Waals surface area contributed by atoms with Crippen LogP contribution in [0.5, 0.6) is 0 Å². The van der Waals surface area contributed by atoms with Crippen LogP contribution in [0.1, 0.15) is 0 Å². The lowest BCUT2D eigenvalue weighted by atomic mass is 11.0. The molecule has 0 atom stereocenters. The fourth-order valence-corrected chi connectivity index (χ4v) is 2.93. The van der Waals surface area contributed by atoms with Gasteiger partial charge in [0, 0.05) is 0 Å². The molecule has 36 valence electrons. The van der Waals surface area contributed by atoms with Gasteiger partial charge in [-0.15, -0.1) is 0 Å². The lowest BCUT2D eigenvalue weighted by Crippen LogP contribution is -2.03. The Morgan fingerprint density at radius 2 is 1.57 bits per heavy atom. The third kappa shape index (κ3) is 2.39. The van der Waals surface area contributed by atoms with E-state index in [9.17, 15) is 0 Å². The number of hydrogen-bond acceptors (Lipinski definition) is 2. The molecule has 0 spiro atoms. The minimum absolute atomic E-state index is 0.319. The smallest absolute Gasteiger partial charge is 0.409 e. The minimum Gasteiger partial charge on any atom is -0.435 e. The maximum Gasteiger partial charge on any atom is 0.409 e. The lowest BCUT2D eigenvalue weighted by molar-refractivity contribution is 0.503. The highest BCUT2D eigenvalue weighted by Gasteiger charge is 2.01. The van der Waals surface area contributed by atoms with Gasteiger partial charge in [-0.05, 0) is 12.1 Å². The van der Waals surface area contributed by atoms with Crippen LogP contribution < -0.4 is 0 Å². The van der Waals surface area contributed by atoms with Crippen molar-refractivity contribution in [3.05, 3.63) is 0 Å². The highest BCUT2D eigenvalue weighted by atomic mass is 28.4. The van der Waals surface area contributed by atoms with Crippen LogP contribution in [0.4, 0.5) is 0 Å². The summed E-state index contributed by atoms with van der Waals surface area (Å²) in [6.07, 6.45) is 0. The van der Waals surface area contributed by atoms with Crippen molar-refractivity contribution in [1.29, 1.82) is 0 Å². The van der Waals surface area contributed by atoms with Gasteiger partial charge in [0.1, 0.15) is 0 Å². The fourth-order valence-electron chi connectivity index (χ4n) is 0.284. The van der Waals surface area contributed by atoms with Crippen LogP contribution >= 0.6 is 0 Å². The summed E-state index contributed by atoms with van der Waals surface area (Å²) in [5, 5.41) is 0. The van der Waals surface area contributed by atoms with E-state index in [2.05, 4.69) is 0 Å². The second-order valence-corrected chi connectivity index (χ2v) is 4.45. The first-order valence-electron chi connectivity index (χ1n) is 2.02. The standard InChI is InChI=1S/C2H4O2Si3/c1-2-6-4-7-3-5-1/h1-2H2. The Labute approximate surface area is 50.5 Å². The molecular weight excluding hydrogens is 140 g/mol. The molecule has 0 aromatic carbocycles. The van der Waals surface area contributed by atoms with E-state index < -0.39 is 0 Å². The molecule has 0 N–H and O–H groups in total. The Balaban J connectivity index is 2.04. The summed E-state index contributed by atoms with van der Waals surface area (Å²) in [6.45, 7) is 0. The summed E-state index contributed by atoms with van der Waals surface area (Å²) in [6, 6.07) is 2.40. The molecule has 0 amide bonds. The molecular formula is C2H4O2Si3. The highest BCUT2D eigenvalue weighted by molar-refractivity contribution is 6.49. The van der Waals surface area contributed by atoms with Crippen LogP contribution in [-0.4, -0.2) is 29.5 Å². The Morgan fingerprint density at radius 1 is 1.00 bits per heavy atom. The van der Waals surface area contributed by atoms with Crippen molar-refractivity contribution >= 4 is 29.5 Å². The van der Waals surface area contributed by atoms with Gasteiger partial charge in [-0.2, -0.15) is 0 Å². The lowest BCUT2D eigenvalue weighted by Gasteiger charge is -1.88. The van der Waals surface area contributed by atoms with Crippen molar-refractivity contribution in [2.45, 2.75) is 12.1 Å². The average Bonchev–Trinajstić information content (AvgIpc) is 1.90. The van der Waals surface area contributed by atoms with Gasteiger partial charge in [-0.3, -0.25) is 0 Å². The van der Waals surface area contributed by atoms with Gasteiger partial charge >= 0.3 is 10.0 Å². The second kappa shape index (κ2) is 3.56. The minimum atomic E-state index is 0.319. The molecule has 1 aliphatic heterocycles. The molecule has 2 nitrogen and oxygen atoms in total. The molecule has 1 heterocycles. The summed E-state index contributed by atoms with van der Waals surface area (Å²) in [5.41, 5.74) is 0. The Hall–Kier alpha value is 0.571. The highest BCUT2D eigenvalue weighted by Crippen LogP contribution is 1.93. The first-order chi connectivity index (χ1) is 3.50. The zero-order valence-corrected chi connectivity index (χ0v) is 6.73. The first-order valence-corrected chi connectivity index (χ1v) is 5.07. The summed E-state index contributed by atoms with van der Waals surface area (Å²) in [4.78, 5) is 0. The Morgan fingerprint density at radius 3 is 2.14 bits per heavy atom. The van der Waals surface area contributed by atoms with Gasteiger partial charge in [0.05, 0.1) is 0 Å². The molecule has 1 rings (SSSR count). The third-order valence-electron chi connectivity index (χ3n) is 0.557. The van der Waals surface area contributed by atoms with Gasteiger partial charge in [-0.25, -0.2) is 0 Å². The Kier molecular flexibility index (Phi) is 2.90. The van der Waals surface area contributed by atoms with Gasteiger partial charge < -0.3 is 8.23 Å². The molecule has 6 radical (unpaired) electrons. The topological polar surface area (TPSA) is 18.5 Å². The van der Waals surface area contributed by atoms with Crippen molar-refractivity contribution in [2.24, 2.45) is 0 Å². The number of hydrogen-bond donors (Lipinski definition) is 0. The molecule has 1 fully saturated rings. The number of rotatable bonds is 0. The molecule has 0 aromatic rings. The first kappa shape index (κ1) is 5.70. The molecule has 0 unspecified atom stereocenters. The predicted octanol–water partition coefficient (Wildman–Crippen LogP) is -0.358. The zero-order valence-electron chi connectivity index (χ0n) is 3.73. The summed E-state index contributed by atoms with van der Waals surface area (Å²) in [5.74, 6) is 0. The van der Waals surface area contributed by atoms with E-state index in [1.807, 2.05) is 0 Å². The molecule has 1 saturated heterocycles. The maximum absolute atomic E-state index is 5.03. The van der Waals surface area contributed by atoms with Crippen LogP contribution in [0.25, 0.3) is 0 Å². The van der Waals surface area contributed by atoms with Crippen LogP contribution in [0.15, 0.2) is 0 Å². The fraction of sp³-hybridized carbons (Fsp3) is 1.00. The van der Waals surface area contributed by atoms with Crippen LogP contribution in [0.2, 0.25) is 12.1 Å². The average molecular weight is 144 g/mol. The van der Waals surface area contributed by atoms with Gasteiger partial charge in [-0.1, -0.05) is 0 Å². The Bertz CT molecular complexity index is 30.5. The van der Waals surface area contributed by atoms with E-state index in [1.54, 1.807) is 0 Å². The quantitative estimate of drug-likeness (QED) is 0.432. The summed E-state index contributed by atoms with van der Waals surface area (Å²) in [7, 11) is 1.70. The van der Waals surface area contributed by atoms with Crippen LogP contribution in [0, 0.1) is 0 Å². The zero-order chi connectivity index (χ0) is 4.95. The van der Waals surface area contributed by atoms with Gasteiger partial charge in [0.25, 0.3) is 0 Å². The molecule has 0 saturated carbocycles. The van der Waals surface area contributed by atoms with Gasteiger partial charge in [0.2, 0.25) is 19.5 Å². The van der Waals surface area contributed by atoms with Crippen molar-refractivity contribution in [3.63, 3.8) is 0 Å². The van der Waals surface area contributed by atoms with Crippen molar-refractivity contribution in [2.75, 3.05) is 0 Å². The largest absolute Gasteiger partial charge is 0.435 e. The van der Waals surface area contributed by atoms with E-state index in [0.29, 0.717) is 29.5 Å². The predicted molar refractivity (Wildman–Crippen MR) is 29.0 cm³/mol. The van der Waals surface area contributed by atoms with Crippen LogP contribution in [-0.2, 0) is 8.23 Å². The van der Waals surface area contributed by atoms with E-state index in [1.165, 1.54) is 12.1 Å². The SMILES string of the molecule is C1C[Si]O[Si]O[Si]1. The summed E-state index contributed by atoms with van der Waals surface area (Å²) < 4.78 is 10.1. The van der Waals surface area contributed by atoms with Crippen LogP contribution in [0.3, 0.4) is 0 Å². The molecule has 7 heavy (non-hydrogen) atoms. The maximum atomic E-state index is 5.03. The monoisotopic (exact) mass is 144 g/mol. The third-order valence-corrected chi connectivity index (χ3v) is 3.79. The van der Waals surface area contributed by atoms with Crippen molar-refractivity contribution in [1.82, 2.24) is 0 Å². The van der Waals surface area contributed by atoms with E-state index >= 15 is 0 Å². The molecule has 1 aliphatic rings. The van der Waals surface area contributed by atoms with Crippen molar-refractivity contribution in [3.8, 4) is 0 Å². The molecule has 0 aromatic heterocycles. The van der Waals surface area contributed by atoms with Crippen molar-refractivity contribution < 1.29 is 8.23 Å². The summed E-state index contributed by atoms with van der Waals surface area (Å²) >= 11 is 0. The van der Waals surface area contributed by atoms with Gasteiger partial charge in [0.15, 0.2) is 0 Å². The van der Waals surface area contributed by atoms with E-state index in [4.69, 9.17) is 8.23 Å². The van der Waals surface area contributed by atoms with E-state index in [-0.39, 0.29) is 0 Å². The second-order valence-electron chi connectivity index (χ2n) is 1.08.